The quantitative estimate of drug-likeness (QED) is 0.736. The molecule has 0 aromatic heterocycles. The number of hydrogen-bond acceptors (Lipinski definition) is 3. The minimum atomic E-state index is 0.180. The van der Waals surface area contributed by atoms with Crippen LogP contribution in [0.5, 0.6) is 0 Å². The molecule has 30 heavy (non-hydrogen) atoms. The lowest BCUT2D eigenvalue weighted by molar-refractivity contribution is 0.0595. The van der Waals surface area contributed by atoms with Crippen LogP contribution in [0.15, 0.2) is 47.5 Å². The van der Waals surface area contributed by atoms with Gasteiger partial charge in [-0.2, -0.15) is 0 Å². The molecule has 6 rings (SSSR count). The van der Waals surface area contributed by atoms with Crippen molar-refractivity contribution in [3.63, 3.8) is 0 Å². The summed E-state index contributed by atoms with van der Waals surface area (Å²) in [4.78, 5) is 20.0. The molecule has 2 aromatic carbocycles. The van der Waals surface area contributed by atoms with E-state index in [2.05, 4.69) is 34.2 Å². The number of likely N-dealkylation sites (tertiary alicyclic amines) is 1. The SMILES string of the molecule is O=C(c1ccc2c(c1)CC=N2)N1CCC[C@@H]2c3cc(C4=CCOCC4)ccc3C[C@@H]21. The van der Waals surface area contributed by atoms with Gasteiger partial charge in [0.1, 0.15) is 0 Å². The van der Waals surface area contributed by atoms with Gasteiger partial charge in [-0.25, -0.2) is 0 Å². The molecule has 1 fully saturated rings. The number of benzene rings is 2. The lowest BCUT2D eigenvalue weighted by atomic mass is 9.87. The van der Waals surface area contributed by atoms with E-state index in [1.807, 2.05) is 24.4 Å². The van der Waals surface area contributed by atoms with Gasteiger partial charge in [0.05, 0.1) is 18.9 Å². The molecule has 2 atom stereocenters. The van der Waals surface area contributed by atoms with Crippen LogP contribution in [0.25, 0.3) is 5.57 Å². The van der Waals surface area contributed by atoms with Gasteiger partial charge in [-0.3, -0.25) is 9.79 Å². The van der Waals surface area contributed by atoms with Crippen molar-refractivity contribution in [3.8, 4) is 0 Å². The van der Waals surface area contributed by atoms with Gasteiger partial charge >= 0.3 is 0 Å². The fourth-order valence-electron chi connectivity index (χ4n) is 5.68. The van der Waals surface area contributed by atoms with E-state index in [0.717, 1.165) is 50.1 Å². The third-order valence-corrected chi connectivity index (χ3v) is 7.22. The predicted molar refractivity (Wildman–Crippen MR) is 119 cm³/mol. The first-order chi connectivity index (χ1) is 14.8. The average Bonchev–Trinajstić information content (AvgIpc) is 3.42. The molecule has 4 aliphatic rings. The number of hydrogen-bond donors (Lipinski definition) is 0. The second-order valence-electron chi connectivity index (χ2n) is 8.85. The van der Waals surface area contributed by atoms with Crippen molar-refractivity contribution >= 4 is 23.4 Å². The molecule has 2 aromatic rings. The van der Waals surface area contributed by atoms with Crippen molar-refractivity contribution in [2.24, 2.45) is 4.99 Å². The number of amides is 1. The Labute approximate surface area is 177 Å². The molecule has 0 bridgehead atoms. The van der Waals surface area contributed by atoms with Crippen molar-refractivity contribution in [2.45, 2.75) is 44.1 Å². The molecule has 1 saturated heterocycles. The Balaban J connectivity index is 1.28. The second-order valence-corrected chi connectivity index (χ2v) is 8.85. The summed E-state index contributed by atoms with van der Waals surface area (Å²) in [6, 6.07) is 13.2. The van der Waals surface area contributed by atoms with E-state index in [1.54, 1.807) is 0 Å². The maximum absolute atomic E-state index is 13.5. The number of ether oxygens (including phenoxy) is 1. The number of piperidine rings is 1. The lowest BCUT2D eigenvalue weighted by Crippen LogP contribution is -2.46. The molecule has 0 radical (unpaired) electrons. The van der Waals surface area contributed by atoms with E-state index in [9.17, 15) is 4.79 Å². The number of aliphatic imine (C=N–C) groups is 1. The van der Waals surface area contributed by atoms with E-state index >= 15 is 0 Å². The standard InChI is InChI=1S/C26H26N2O2/c29-26(21-5-6-24-20(14-21)7-10-27-24)28-11-1-2-22-23-15-18(17-8-12-30-13-9-17)3-4-19(23)16-25(22)28/h3-6,8,10,14-15,22,25H,1-2,7,9,11-13,16H2/t22-,25+/m1/s1. The van der Waals surface area contributed by atoms with Gasteiger partial charge in [-0.05, 0) is 71.7 Å². The van der Waals surface area contributed by atoms with Crippen LogP contribution >= 0.6 is 0 Å². The number of fused-ring (bicyclic) bond motifs is 4. The van der Waals surface area contributed by atoms with Gasteiger partial charge in [0.25, 0.3) is 5.91 Å². The third kappa shape index (κ3) is 2.93. The van der Waals surface area contributed by atoms with Crippen molar-refractivity contribution in [3.05, 3.63) is 70.3 Å². The normalized spacial score (nSPS) is 24.3. The van der Waals surface area contributed by atoms with Gasteiger partial charge in [-0.15, -0.1) is 0 Å². The van der Waals surface area contributed by atoms with Crippen molar-refractivity contribution in [2.75, 3.05) is 19.8 Å². The Morgan fingerprint density at radius 2 is 2.10 bits per heavy atom. The van der Waals surface area contributed by atoms with Crippen molar-refractivity contribution < 1.29 is 9.53 Å². The molecule has 0 saturated carbocycles. The zero-order valence-electron chi connectivity index (χ0n) is 17.1. The van der Waals surface area contributed by atoms with Gasteiger partial charge in [0, 0.05) is 36.7 Å². The fraction of sp³-hybridized carbons (Fsp3) is 0.385. The molecule has 3 aliphatic heterocycles. The van der Waals surface area contributed by atoms with Gasteiger partial charge in [0.15, 0.2) is 0 Å². The molecule has 1 aliphatic carbocycles. The minimum absolute atomic E-state index is 0.180. The number of rotatable bonds is 2. The Hall–Kier alpha value is -2.72. The summed E-state index contributed by atoms with van der Waals surface area (Å²) in [6.45, 7) is 2.38. The van der Waals surface area contributed by atoms with Crippen LogP contribution in [-0.2, 0) is 17.6 Å². The van der Waals surface area contributed by atoms with E-state index in [0.29, 0.717) is 12.5 Å². The molecule has 4 heteroatoms. The van der Waals surface area contributed by atoms with E-state index in [1.165, 1.54) is 34.2 Å². The molecule has 0 spiro atoms. The summed E-state index contributed by atoms with van der Waals surface area (Å²) in [5, 5.41) is 0. The highest BCUT2D eigenvalue weighted by Gasteiger charge is 2.41. The van der Waals surface area contributed by atoms with Crippen LogP contribution < -0.4 is 0 Å². The maximum atomic E-state index is 13.5. The van der Waals surface area contributed by atoms with Gasteiger partial charge in [0.2, 0.25) is 0 Å². The highest BCUT2D eigenvalue weighted by Crippen LogP contribution is 2.44. The van der Waals surface area contributed by atoms with E-state index in [4.69, 9.17) is 4.74 Å². The molecule has 152 valence electrons. The van der Waals surface area contributed by atoms with Gasteiger partial charge < -0.3 is 9.64 Å². The summed E-state index contributed by atoms with van der Waals surface area (Å²) in [5.41, 5.74) is 8.60. The zero-order valence-corrected chi connectivity index (χ0v) is 17.1. The zero-order chi connectivity index (χ0) is 20.1. The predicted octanol–water partition coefficient (Wildman–Crippen LogP) is 4.69. The Bertz CT molecular complexity index is 1080. The fourth-order valence-corrected chi connectivity index (χ4v) is 5.68. The number of nitrogens with zero attached hydrogens (tertiary/aromatic N) is 2. The van der Waals surface area contributed by atoms with Crippen LogP contribution in [0, 0.1) is 0 Å². The molecule has 3 heterocycles. The topological polar surface area (TPSA) is 41.9 Å². The Morgan fingerprint density at radius 1 is 1.13 bits per heavy atom. The molecular formula is C26H26N2O2. The summed E-state index contributed by atoms with van der Waals surface area (Å²) >= 11 is 0. The number of carbonyl (C=O) groups is 1. The van der Waals surface area contributed by atoms with E-state index in [-0.39, 0.29) is 11.9 Å². The lowest BCUT2D eigenvalue weighted by Gasteiger charge is -2.38. The number of carbonyl (C=O) groups excluding carboxylic acids is 1. The van der Waals surface area contributed by atoms with E-state index < -0.39 is 0 Å². The third-order valence-electron chi connectivity index (χ3n) is 7.22. The summed E-state index contributed by atoms with van der Waals surface area (Å²) in [5.74, 6) is 0.635. The van der Waals surface area contributed by atoms with Crippen LogP contribution in [0.2, 0.25) is 0 Å². The maximum Gasteiger partial charge on any atom is 0.254 e. The van der Waals surface area contributed by atoms with Crippen molar-refractivity contribution in [1.82, 2.24) is 4.90 Å². The highest BCUT2D eigenvalue weighted by atomic mass is 16.5. The minimum Gasteiger partial charge on any atom is -0.377 e. The molecule has 0 N–H and O–H groups in total. The highest BCUT2D eigenvalue weighted by molar-refractivity contribution is 5.96. The first-order valence-corrected chi connectivity index (χ1v) is 11.1. The first kappa shape index (κ1) is 18.1. The molecular weight excluding hydrogens is 372 g/mol. The first-order valence-electron chi connectivity index (χ1n) is 11.1. The monoisotopic (exact) mass is 398 g/mol. The molecule has 4 nitrogen and oxygen atoms in total. The van der Waals surface area contributed by atoms with Crippen LogP contribution in [0.3, 0.4) is 0 Å². The summed E-state index contributed by atoms with van der Waals surface area (Å²) in [7, 11) is 0. The smallest absolute Gasteiger partial charge is 0.254 e. The largest absolute Gasteiger partial charge is 0.377 e. The Morgan fingerprint density at radius 3 is 3.00 bits per heavy atom. The summed E-state index contributed by atoms with van der Waals surface area (Å²) in [6.07, 6.45) is 9.17. The second kappa shape index (κ2) is 7.21. The van der Waals surface area contributed by atoms with Crippen LogP contribution in [0.4, 0.5) is 5.69 Å². The van der Waals surface area contributed by atoms with Crippen LogP contribution in [-0.4, -0.2) is 42.8 Å². The van der Waals surface area contributed by atoms with Gasteiger partial charge in [-0.1, -0.05) is 24.3 Å². The van der Waals surface area contributed by atoms with Crippen molar-refractivity contribution in [1.29, 1.82) is 0 Å². The average molecular weight is 399 g/mol. The Kier molecular flexibility index (Phi) is 4.34. The molecule has 1 amide bonds. The summed E-state index contributed by atoms with van der Waals surface area (Å²) < 4.78 is 5.48. The molecule has 0 unspecified atom stereocenters. The van der Waals surface area contributed by atoms with Crippen LogP contribution in [0.1, 0.15) is 57.8 Å².